The topological polar surface area (TPSA) is 106 Å². The van der Waals surface area contributed by atoms with Gasteiger partial charge in [-0.3, -0.25) is 9.78 Å². The fourth-order valence-corrected chi connectivity index (χ4v) is 4.51. The molecule has 156 valence electrons. The molecule has 4 rings (SSSR count). The summed E-state index contributed by atoms with van der Waals surface area (Å²) in [6.07, 6.45) is 1.73. The first-order valence-corrected chi connectivity index (χ1v) is 11.0. The van der Waals surface area contributed by atoms with Gasteiger partial charge in [0.15, 0.2) is 10.2 Å². The predicted octanol–water partition coefficient (Wildman–Crippen LogP) is 4.86. The Labute approximate surface area is 187 Å². The van der Waals surface area contributed by atoms with E-state index in [1.54, 1.807) is 6.20 Å². The van der Waals surface area contributed by atoms with Gasteiger partial charge in [0, 0.05) is 35.8 Å². The van der Waals surface area contributed by atoms with Gasteiger partial charge in [0.05, 0.1) is 0 Å². The van der Waals surface area contributed by atoms with Crippen molar-refractivity contribution in [2.75, 3.05) is 10.6 Å². The molecule has 1 aromatic carbocycles. The smallest absolute Gasteiger partial charge is 0.221 e. The van der Waals surface area contributed by atoms with E-state index < -0.39 is 0 Å². The molecule has 0 saturated heterocycles. The first-order valence-electron chi connectivity index (χ1n) is 9.40. The monoisotopic (exact) mass is 449 g/mol. The van der Waals surface area contributed by atoms with Gasteiger partial charge in [-0.1, -0.05) is 23.5 Å². The van der Waals surface area contributed by atoms with Gasteiger partial charge < -0.3 is 10.6 Å². The third-order valence-corrected chi connectivity index (χ3v) is 6.24. The van der Waals surface area contributed by atoms with Gasteiger partial charge in [-0.2, -0.15) is 0 Å². The molecule has 0 unspecified atom stereocenters. The van der Waals surface area contributed by atoms with E-state index in [-0.39, 0.29) is 5.91 Å². The SMILES string of the molecule is CC(=O)Nc1cccc(Nc2nnc(Sc3nc(-c4ccccn4)nc(C)c3C)s2)c1. The van der Waals surface area contributed by atoms with Crippen LogP contribution in [-0.2, 0) is 4.79 Å². The molecule has 4 aromatic rings. The van der Waals surface area contributed by atoms with E-state index in [1.807, 2.05) is 56.3 Å². The Morgan fingerprint density at radius 3 is 2.65 bits per heavy atom. The van der Waals surface area contributed by atoms with Gasteiger partial charge in [-0.25, -0.2) is 9.97 Å². The van der Waals surface area contributed by atoms with Crippen LogP contribution in [-0.4, -0.2) is 31.1 Å². The van der Waals surface area contributed by atoms with E-state index in [0.29, 0.717) is 16.6 Å². The van der Waals surface area contributed by atoms with E-state index in [4.69, 9.17) is 4.98 Å². The van der Waals surface area contributed by atoms with Crippen LogP contribution in [0.4, 0.5) is 16.5 Å². The summed E-state index contributed by atoms with van der Waals surface area (Å²) in [4.78, 5) is 24.9. The number of aromatic nitrogens is 5. The minimum absolute atomic E-state index is 0.118. The van der Waals surface area contributed by atoms with Gasteiger partial charge >= 0.3 is 0 Å². The molecule has 0 bridgehead atoms. The van der Waals surface area contributed by atoms with Crippen LogP contribution in [0.2, 0.25) is 0 Å². The van der Waals surface area contributed by atoms with Gasteiger partial charge in [-0.05, 0) is 55.9 Å². The lowest BCUT2D eigenvalue weighted by Crippen LogP contribution is -2.05. The molecular formula is C21H19N7OS2. The molecule has 0 radical (unpaired) electrons. The molecule has 0 saturated carbocycles. The Morgan fingerprint density at radius 2 is 1.87 bits per heavy atom. The molecule has 0 aliphatic carbocycles. The highest BCUT2D eigenvalue weighted by atomic mass is 32.2. The first-order chi connectivity index (χ1) is 15.0. The third kappa shape index (κ3) is 5.22. The fourth-order valence-electron chi connectivity index (χ4n) is 2.70. The van der Waals surface area contributed by atoms with E-state index in [9.17, 15) is 4.79 Å². The molecule has 2 N–H and O–H groups in total. The predicted molar refractivity (Wildman–Crippen MR) is 123 cm³/mol. The van der Waals surface area contributed by atoms with E-state index in [1.165, 1.54) is 30.0 Å². The van der Waals surface area contributed by atoms with Crippen molar-refractivity contribution in [3.05, 3.63) is 59.9 Å². The average molecular weight is 450 g/mol. The molecule has 0 spiro atoms. The molecule has 0 atom stereocenters. The molecule has 8 nitrogen and oxygen atoms in total. The highest BCUT2D eigenvalue weighted by Gasteiger charge is 2.14. The zero-order valence-corrected chi connectivity index (χ0v) is 18.7. The number of aryl methyl sites for hydroxylation is 1. The Kier molecular flexibility index (Phi) is 6.19. The van der Waals surface area contributed by atoms with Crippen molar-refractivity contribution < 1.29 is 4.79 Å². The second kappa shape index (κ2) is 9.19. The van der Waals surface area contributed by atoms with Crippen LogP contribution in [0.1, 0.15) is 18.2 Å². The largest absolute Gasteiger partial charge is 0.330 e. The number of nitrogens with one attached hydrogen (secondary N) is 2. The maximum absolute atomic E-state index is 11.3. The molecule has 0 fully saturated rings. The quantitative estimate of drug-likeness (QED) is 0.402. The van der Waals surface area contributed by atoms with Crippen molar-refractivity contribution in [2.24, 2.45) is 0 Å². The fraction of sp³-hybridized carbons (Fsp3) is 0.143. The summed E-state index contributed by atoms with van der Waals surface area (Å²) in [6, 6.07) is 13.1. The summed E-state index contributed by atoms with van der Waals surface area (Å²) in [6.45, 7) is 5.43. The average Bonchev–Trinajstić information content (AvgIpc) is 3.18. The third-order valence-electron chi connectivity index (χ3n) is 4.26. The molecule has 3 heterocycles. The van der Waals surface area contributed by atoms with E-state index in [2.05, 4.69) is 30.8 Å². The number of carbonyl (C=O) groups excluding carboxylic acids is 1. The Hall–Kier alpha value is -3.37. The lowest BCUT2D eigenvalue weighted by Gasteiger charge is -2.08. The molecule has 31 heavy (non-hydrogen) atoms. The first kappa shape index (κ1) is 20.9. The second-order valence-corrected chi connectivity index (χ2v) is 8.85. The standard InChI is InChI=1S/C21H19N7OS2/c1-12-13(2)23-18(17-9-4-5-10-22-17)26-19(12)30-21-28-27-20(31-21)25-16-8-6-7-15(11-16)24-14(3)29/h4-11H,1-3H3,(H,24,29)(H,25,27). The Morgan fingerprint density at radius 1 is 1.03 bits per heavy atom. The van der Waals surface area contributed by atoms with Crippen molar-refractivity contribution in [3.8, 4) is 11.5 Å². The van der Waals surface area contributed by atoms with Crippen molar-refractivity contribution in [1.82, 2.24) is 25.1 Å². The van der Waals surface area contributed by atoms with Gasteiger partial charge in [0.1, 0.15) is 10.7 Å². The molecule has 1 amide bonds. The van der Waals surface area contributed by atoms with Crippen LogP contribution in [0, 0.1) is 13.8 Å². The van der Waals surface area contributed by atoms with Crippen LogP contribution in [0.3, 0.4) is 0 Å². The highest BCUT2D eigenvalue weighted by molar-refractivity contribution is 8.01. The van der Waals surface area contributed by atoms with Crippen LogP contribution in [0.25, 0.3) is 11.5 Å². The van der Waals surface area contributed by atoms with Gasteiger partial charge in [0.25, 0.3) is 0 Å². The summed E-state index contributed by atoms with van der Waals surface area (Å²) in [7, 11) is 0. The van der Waals surface area contributed by atoms with Crippen LogP contribution < -0.4 is 10.6 Å². The van der Waals surface area contributed by atoms with Crippen molar-refractivity contribution in [2.45, 2.75) is 30.1 Å². The Balaban J connectivity index is 1.53. The van der Waals surface area contributed by atoms with Gasteiger partial charge in [-0.15, -0.1) is 10.2 Å². The van der Waals surface area contributed by atoms with E-state index in [0.717, 1.165) is 32.0 Å². The maximum Gasteiger partial charge on any atom is 0.221 e. The molecule has 0 aliphatic heterocycles. The number of hydrogen-bond donors (Lipinski definition) is 2. The summed E-state index contributed by atoms with van der Waals surface area (Å²) in [5.41, 5.74) is 4.15. The number of nitrogens with zero attached hydrogens (tertiary/aromatic N) is 5. The van der Waals surface area contributed by atoms with Gasteiger partial charge in [0.2, 0.25) is 11.0 Å². The van der Waals surface area contributed by atoms with Crippen molar-refractivity contribution >= 4 is 45.5 Å². The summed E-state index contributed by atoms with van der Waals surface area (Å²) in [5, 5.41) is 16.0. The molecule has 10 heteroatoms. The summed E-state index contributed by atoms with van der Waals surface area (Å²) in [5.74, 6) is 0.469. The lowest BCUT2D eigenvalue weighted by molar-refractivity contribution is -0.114. The molecule has 3 aromatic heterocycles. The molecular weight excluding hydrogens is 430 g/mol. The highest BCUT2D eigenvalue weighted by Crippen LogP contribution is 2.35. The zero-order chi connectivity index (χ0) is 21.8. The number of benzene rings is 1. The Bertz CT molecular complexity index is 1230. The number of amides is 1. The van der Waals surface area contributed by atoms with Crippen molar-refractivity contribution in [3.63, 3.8) is 0 Å². The summed E-state index contributed by atoms with van der Waals surface area (Å²) >= 11 is 2.87. The van der Waals surface area contributed by atoms with E-state index >= 15 is 0 Å². The van der Waals surface area contributed by atoms with Crippen LogP contribution in [0.5, 0.6) is 0 Å². The van der Waals surface area contributed by atoms with Crippen LogP contribution in [0.15, 0.2) is 58.0 Å². The lowest BCUT2D eigenvalue weighted by atomic mass is 10.2. The zero-order valence-electron chi connectivity index (χ0n) is 17.1. The van der Waals surface area contributed by atoms with Crippen molar-refractivity contribution in [1.29, 1.82) is 0 Å². The number of hydrogen-bond acceptors (Lipinski definition) is 9. The second-order valence-electron chi connectivity index (χ2n) is 6.64. The minimum Gasteiger partial charge on any atom is -0.330 e. The number of rotatable bonds is 6. The summed E-state index contributed by atoms with van der Waals surface area (Å²) < 4.78 is 0.758. The normalized spacial score (nSPS) is 10.7. The number of pyridine rings is 1. The minimum atomic E-state index is -0.118. The number of carbonyl (C=O) groups is 1. The maximum atomic E-state index is 11.3. The van der Waals surface area contributed by atoms with Crippen LogP contribution >= 0.6 is 23.1 Å². The molecule has 0 aliphatic rings. The number of anilines is 3.